The van der Waals surface area contributed by atoms with E-state index < -0.39 is 8.32 Å². The highest BCUT2D eigenvalue weighted by molar-refractivity contribution is 6.99. The lowest BCUT2D eigenvalue weighted by Crippen LogP contribution is -2.66. The fourth-order valence-corrected chi connectivity index (χ4v) is 12.3. The molecule has 2 fully saturated rings. The van der Waals surface area contributed by atoms with Gasteiger partial charge in [0.15, 0.2) is 0 Å². The summed E-state index contributed by atoms with van der Waals surface area (Å²) in [5.41, 5.74) is 0. The normalized spacial score (nSPS) is 24.2. The molecule has 1 saturated carbocycles. The second-order valence-corrected chi connectivity index (χ2v) is 17.6. The number of unbranched alkanes of at least 4 members (excludes halogenated alkanes) is 4. The molecule has 0 aromatic heterocycles. The second-order valence-electron chi connectivity index (χ2n) is 13.3. The Morgan fingerprint density at radius 3 is 2.05 bits per heavy atom. The molecule has 1 heterocycles. The fraction of sp³-hybridized carbons (Fsp3) is 0.657. The van der Waals surface area contributed by atoms with Crippen LogP contribution < -0.4 is 15.7 Å². The molecule has 0 radical (unpaired) electrons. The van der Waals surface area contributed by atoms with Gasteiger partial charge in [0.1, 0.15) is 0 Å². The van der Waals surface area contributed by atoms with E-state index in [1.165, 1.54) is 87.4 Å². The minimum absolute atomic E-state index is 0.0622. The lowest BCUT2D eigenvalue weighted by Gasteiger charge is -2.45. The average Bonchev–Trinajstić information content (AvgIpc) is 2.93. The van der Waals surface area contributed by atoms with Gasteiger partial charge in [0.2, 0.25) is 0 Å². The van der Waals surface area contributed by atoms with Gasteiger partial charge in [0.25, 0.3) is 8.32 Å². The van der Waals surface area contributed by atoms with Gasteiger partial charge in [-0.1, -0.05) is 140 Å². The summed E-state index contributed by atoms with van der Waals surface area (Å²) in [6.07, 6.45) is 18.0. The first kappa shape index (κ1) is 29.6. The summed E-state index contributed by atoms with van der Waals surface area (Å²) in [5, 5.41) is 6.97. The van der Waals surface area contributed by atoms with Crippen LogP contribution in [0.2, 0.25) is 5.04 Å². The van der Waals surface area contributed by atoms with Crippen LogP contribution in [-0.4, -0.2) is 27.0 Å². The van der Waals surface area contributed by atoms with Gasteiger partial charge in [-0.25, -0.2) is 0 Å². The van der Waals surface area contributed by atoms with Gasteiger partial charge in [-0.2, -0.15) is 0 Å². The Balaban J connectivity index is 1.27. The average molecular weight is 534 g/mol. The fourth-order valence-electron chi connectivity index (χ4n) is 7.68. The Morgan fingerprint density at radius 2 is 1.42 bits per heavy atom. The van der Waals surface area contributed by atoms with Crippen LogP contribution in [0, 0.1) is 11.8 Å². The van der Waals surface area contributed by atoms with Gasteiger partial charge in [-0.3, -0.25) is 0 Å². The number of hydrogen-bond donors (Lipinski definition) is 1. The predicted molar refractivity (Wildman–Crippen MR) is 167 cm³/mol. The van der Waals surface area contributed by atoms with E-state index in [0.29, 0.717) is 0 Å². The van der Waals surface area contributed by atoms with E-state index in [1.54, 1.807) is 0 Å². The number of rotatable bonds is 13. The molecule has 210 valence electrons. The predicted octanol–water partition coefficient (Wildman–Crippen LogP) is 8.24. The minimum atomic E-state index is -2.39. The third-order valence-corrected chi connectivity index (χ3v) is 14.7. The zero-order valence-electron chi connectivity index (χ0n) is 24.9. The molecule has 1 aliphatic heterocycles. The van der Waals surface area contributed by atoms with Gasteiger partial charge in [0, 0.05) is 18.7 Å². The van der Waals surface area contributed by atoms with E-state index in [0.717, 1.165) is 36.9 Å². The number of nitrogens with one attached hydrogen (secondary N) is 1. The zero-order valence-corrected chi connectivity index (χ0v) is 25.9. The Kier molecular flexibility index (Phi) is 11.1. The van der Waals surface area contributed by atoms with Gasteiger partial charge < -0.3 is 9.74 Å². The van der Waals surface area contributed by atoms with E-state index in [1.807, 2.05) is 0 Å². The summed E-state index contributed by atoms with van der Waals surface area (Å²) in [4.78, 5) is 0. The number of piperidine rings is 1. The van der Waals surface area contributed by atoms with Crippen LogP contribution in [0.25, 0.3) is 0 Å². The van der Waals surface area contributed by atoms with Crippen LogP contribution in [0.1, 0.15) is 111 Å². The summed E-state index contributed by atoms with van der Waals surface area (Å²) >= 11 is 0. The van der Waals surface area contributed by atoms with Crippen molar-refractivity contribution < 1.29 is 4.43 Å². The Hall–Kier alpha value is -1.42. The van der Waals surface area contributed by atoms with Crippen molar-refractivity contribution in [1.29, 1.82) is 0 Å². The van der Waals surface area contributed by atoms with E-state index in [2.05, 4.69) is 93.7 Å². The molecule has 2 unspecified atom stereocenters. The van der Waals surface area contributed by atoms with Crippen molar-refractivity contribution in [3.63, 3.8) is 0 Å². The molecule has 2 aromatic carbocycles. The Labute approximate surface area is 235 Å². The molecule has 1 N–H and O–H groups in total. The number of hydrogen-bond acceptors (Lipinski definition) is 2. The van der Waals surface area contributed by atoms with Crippen LogP contribution in [-0.2, 0) is 4.43 Å². The minimum Gasteiger partial charge on any atom is -0.407 e. The van der Waals surface area contributed by atoms with Gasteiger partial charge in [-0.05, 0) is 59.4 Å². The van der Waals surface area contributed by atoms with E-state index in [9.17, 15) is 0 Å². The van der Waals surface area contributed by atoms with Crippen LogP contribution >= 0.6 is 0 Å². The molecule has 4 atom stereocenters. The van der Waals surface area contributed by atoms with Crippen molar-refractivity contribution in [3.05, 3.63) is 60.7 Å². The smallest absolute Gasteiger partial charge is 0.261 e. The quantitative estimate of drug-likeness (QED) is 0.207. The van der Waals surface area contributed by atoms with E-state index >= 15 is 0 Å². The summed E-state index contributed by atoms with van der Waals surface area (Å²) < 4.78 is 7.10. The molecule has 2 nitrogen and oxygen atoms in total. The number of fused-ring (bicyclic) bond motifs is 1. The van der Waals surface area contributed by atoms with Crippen molar-refractivity contribution in [1.82, 2.24) is 5.32 Å². The molecule has 0 spiro atoms. The third kappa shape index (κ3) is 7.20. The molecule has 4 rings (SSSR count). The first-order valence-corrected chi connectivity index (χ1v) is 17.9. The lowest BCUT2D eigenvalue weighted by atomic mass is 9.69. The molecular formula is C35H55NOSi. The molecule has 2 aromatic rings. The van der Waals surface area contributed by atoms with Crippen LogP contribution in [0.15, 0.2) is 60.7 Å². The third-order valence-electron chi connectivity index (χ3n) is 9.62. The van der Waals surface area contributed by atoms with Crippen molar-refractivity contribution in [3.8, 4) is 0 Å². The lowest BCUT2D eigenvalue weighted by molar-refractivity contribution is 0.104. The van der Waals surface area contributed by atoms with Crippen molar-refractivity contribution >= 4 is 18.7 Å². The molecule has 0 bridgehead atoms. The summed E-state index contributed by atoms with van der Waals surface area (Å²) in [7, 11) is -2.39. The standard InChI is InChI=1S/C35H55NOSi/c1-5-6-10-18-29-19-17-25-34-33(29)27-26-30(36-34)20-11-9-16-28-37-38(35(2,3)4,31-21-12-7-13-22-31)32-23-14-8-15-24-32/h7-8,12-15,21-24,29-30,33-34,36H,5-6,9-11,16-20,25-28H2,1-4H3/t29-,30+,33?,34?/m1/s1. The second kappa shape index (κ2) is 14.3. The summed E-state index contributed by atoms with van der Waals surface area (Å²) in [6.45, 7) is 10.3. The van der Waals surface area contributed by atoms with Gasteiger partial charge in [-0.15, -0.1) is 0 Å². The maximum atomic E-state index is 7.10. The maximum Gasteiger partial charge on any atom is 0.261 e. The molecule has 0 amide bonds. The zero-order chi connectivity index (χ0) is 26.8. The van der Waals surface area contributed by atoms with E-state index in [4.69, 9.17) is 4.43 Å². The Bertz CT molecular complexity index is 884. The highest BCUT2D eigenvalue weighted by Crippen LogP contribution is 2.40. The monoisotopic (exact) mass is 533 g/mol. The first-order chi connectivity index (χ1) is 18.5. The van der Waals surface area contributed by atoms with E-state index in [-0.39, 0.29) is 5.04 Å². The van der Waals surface area contributed by atoms with Gasteiger partial charge >= 0.3 is 0 Å². The first-order valence-electron chi connectivity index (χ1n) is 16.0. The SMILES string of the molecule is CCCCC[C@@H]1CCCC2N[C@@H](CCCCCO[Si](c3ccccc3)(c3ccccc3)C(C)(C)C)CCC21. The van der Waals surface area contributed by atoms with Gasteiger partial charge in [0.05, 0.1) is 0 Å². The Morgan fingerprint density at radius 1 is 0.763 bits per heavy atom. The molecule has 3 heteroatoms. The largest absolute Gasteiger partial charge is 0.407 e. The van der Waals surface area contributed by atoms with Crippen LogP contribution in [0.3, 0.4) is 0 Å². The molecule has 38 heavy (non-hydrogen) atoms. The summed E-state index contributed by atoms with van der Waals surface area (Å²) in [6, 6.07) is 23.7. The van der Waals surface area contributed by atoms with Crippen molar-refractivity contribution in [2.45, 2.75) is 128 Å². The van der Waals surface area contributed by atoms with Crippen LogP contribution in [0.5, 0.6) is 0 Å². The van der Waals surface area contributed by atoms with Crippen molar-refractivity contribution in [2.75, 3.05) is 6.61 Å². The van der Waals surface area contributed by atoms with Crippen molar-refractivity contribution in [2.24, 2.45) is 11.8 Å². The molecule has 1 aliphatic carbocycles. The molecule has 2 aliphatic rings. The topological polar surface area (TPSA) is 21.3 Å². The molecule has 1 saturated heterocycles. The highest BCUT2D eigenvalue weighted by Gasteiger charge is 2.50. The maximum absolute atomic E-state index is 7.10. The summed E-state index contributed by atoms with van der Waals surface area (Å²) in [5.74, 6) is 1.95. The molecular weight excluding hydrogens is 478 g/mol. The van der Waals surface area contributed by atoms with Crippen LogP contribution in [0.4, 0.5) is 0 Å². The number of benzene rings is 2. The highest BCUT2D eigenvalue weighted by atomic mass is 28.4.